The van der Waals surface area contributed by atoms with Crippen LogP contribution in [0.2, 0.25) is 5.02 Å². The molecule has 4 heteroatoms. The molecule has 0 aromatic heterocycles. The zero-order valence-corrected chi connectivity index (χ0v) is 14.0. The lowest BCUT2D eigenvalue weighted by atomic mass is 10.00. The van der Waals surface area contributed by atoms with Crippen molar-refractivity contribution in [2.24, 2.45) is 5.84 Å². The Hall–Kier alpha value is -1.00. The maximum absolute atomic E-state index is 6.01. The number of hydrogen-bond acceptors (Lipinski definition) is 3. The Morgan fingerprint density at radius 2 is 2.00 bits per heavy atom. The van der Waals surface area contributed by atoms with E-state index in [1.54, 1.807) is 11.8 Å². The minimum Gasteiger partial charge on any atom is -0.271 e. The summed E-state index contributed by atoms with van der Waals surface area (Å²) in [7, 11) is 0. The SMILES string of the molecule is Cc1ccc(C)c(CC(CSc2cccc(Cl)c2)NN)c1. The quantitative estimate of drug-likeness (QED) is 0.477. The number of thioether (sulfide) groups is 1. The summed E-state index contributed by atoms with van der Waals surface area (Å²) >= 11 is 7.78. The molecule has 0 bridgehead atoms. The van der Waals surface area contributed by atoms with Crippen LogP contribution in [0.25, 0.3) is 0 Å². The first-order chi connectivity index (χ1) is 10.1. The topological polar surface area (TPSA) is 38.0 Å². The molecule has 0 heterocycles. The van der Waals surface area contributed by atoms with Crippen LogP contribution in [-0.4, -0.2) is 11.8 Å². The van der Waals surface area contributed by atoms with Crippen LogP contribution in [-0.2, 0) is 6.42 Å². The summed E-state index contributed by atoms with van der Waals surface area (Å²) in [5.74, 6) is 6.62. The molecule has 2 aromatic rings. The van der Waals surface area contributed by atoms with Crippen molar-refractivity contribution in [3.8, 4) is 0 Å². The van der Waals surface area contributed by atoms with Gasteiger partial charge < -0.3 is 0 Å². The summed E-state index contributed by atoms with van der Waals surface area (Å²) in [4.78, 5) is 1.17. The monoisotopic (exact) mass is 320 g/mol. The average molecular weight is 321 g/mol. The van der Waals surface area contributed by atoms with E-state index in [0.717, 1.165) is 17.2 Å². The fraction of sp³-hybridized carbons (Fsp3) is 0.294. The van der Waals surface area contributed by atoms with Crippen LogP contribution in [0.3, 0.4) is 0 Å². The minimum absolute atomic E-state index is 0.231. The molecule has 0 saturated carbocycles. The predicted molar refractivity (Wildman–Crippen MR) is 92.9 cm³/mol. The standard InChI is InChI=1S/C17H21ClN2S/c1-12-6-7-13(2)14(8-12)9-16(20-19)11-21-17-5-3-4-15(18)10-17/h3-8,10,16,20H,9,11,19H2,1-2H3. The van der Waals surface area contributed by atoms with E-state index >= 15 is 0 Å². The summed E-state index contributed by atoms with van der Waals surface area (Å²) in [5, 5.41) is 0.770. The van der Waals surface area contributed by atoms with Crippen molar-refractivity contribution in [3.05, 3.63) is 64.2 Å². The maximum Gasteiger partial charge on any atom is 0.0417 e. The maximum atomic E-state index is 6.01. The van der Waals surface area contributed by atoms with Gasteiger partial charge in [0.25, 0.3) is 0 Å². The Morgan fingerprint density at radius 1 is 1.19 bits per heavy atom. The van der Waals surface area contributed by atoms with Crippen LogP contribution in [0.5, 0.6) is 0 Å². The van der Waals surface area contributed by atoms with Gasteiger partial charge in [-0.3, -0.25) is 11.3 Å². The third kappa shape index (κ3) is 5.04. The van der Waals surface area contributed by atoms with Crippen LogP contribution in [0.1, 0.15) is 16.7 Å². The third-order valence-corrected chi connectivity index (χ3v) is 4.85. The molecule has 0 aliphatic heterocycles. The number of nitrogens with one attached hydrogen (secondary N) is 1. The van der Waals surface area contributed by atoms with Crippen molar-refractivity contribution in [2.75, 3.05) is 5.75 Å². The zero-order valence-electron chi connectivity index (χ0n) is 12.4. The second-order valence-corrected chi connectivity index (χ2v) is 6.80. The van der Waals surface area contributed by atoms with E-state index in [1.807, 2.05) is 18.2 Å². The molecule has 0 aliphatic rings. The fourth-order valence-electron chi connectivity index (χ4n) is 2.21. The molecular weight excluding hydrogens is 300 g/mol. The van der Waals surface area contributed by atoms with E-state index < -0.39 is 0 Å². The van der Waals surface area contributed by atoms with Crippen LogP contribution < -0.4 is 11.3 Å². The van der Waals surface area contributed by atoms with Gasteiger partial charge >= 0.3 is 0 Å². The van der Waals surface area contributed by atoms with Crippen molar-refractivity contribution in [1.82, 2.24) is 5.43 Å². The zero-order chi connectivity index (χ0) is 15.2. The number of rotatable bonds is 6. The molecule has 0 radical (unpaired) electrons. The lowest BCUT2D eigenvalue weighted by Crippen LogP contribution is -2.38. The number of hydrogen-bond donors (Lipinski definition) is 2. The van der Waals surface area contributed by atoms with Gasteiger partial charge in [0.2, 0.25) is 0 Å². The highest BCUT2D eigenvalue weighted by molar-refractivity contribution is 7.99. The molecule has 2 nitrogen and oxygen atoms in total. The van der Waals surface area contributed by atoms with E-state index in [-0.39, 0.29) is 6.04 Å². The normalized spacial score (nSPS) is 12.4. The predicted octanol–water partition coefficient (Wildman–Crippen LogP) is 4.12. The first kappa shape index (κ1) is 16.4. The number of benzene rings is 2. The number of nitrogens with two attached hydrogens (primary N) is 1. The number of hydrazine groups is 1. The van der Waals surface area contributed by atoms with E-state index in [9.17, 15) is 0 Å². The largest absolute Gasteiger partial charge is 0.271 e. The highest BCUT2D eigenvalue weighted by Crippen LogP contribution is 2.23. The summed E-state index contributed by atoms with van der Waals surface area (Å²) in [6.45, 7) is 4.26. The molecule has 1 unspecified atom stereocenters. The lowest BCUT2D eigenvalue weighted by molar-refractivity contribution is 0.574. The summed E-state index contributed by atoms with van der Waals surface area (Å²) in [5.41, 5.74) is 6.88. The van der Waals surface area contributed by atoms with Gasteiger partial charge in [-0.15, -0.1) is 11.8 Å². The smallest absolute Gasteiger partial charge is 0.0417 e. The number of halogens is 1. The Kier molecular flexibility index (Phi) is 6.12. The summed E-state index contributed by atoms with van der Waals surface area (Å²) < 4.78 is 0. The van der Waals surface area contributed by atoms with Crippen molar-refractivity contribution in [2.45, 2.75) is 31.2 Å². The van der Waals surface area contributed by atoms with Crippen molar-refractivity contribution in [3.63, 3.8) is 0 Å². The van der Waals surface area contributed by atoms with Crippen molar-refractivity contribution < 1.29 is 0 Å². The first-order valence-electron chi connectivity index (χ1n) is 6.99. The van der Waals surface area contributed by atoms with E-state index in [1.165, 1.54) is 21.6 Å². The average Bonchev–Trinajstić information content (AvgIpc) is 2.47. The van der Waals surface area contributed by atoms with Gasteiger partial charge in [0.05, 0.1) is 0 Å². The highest BCUT2D eigenvalue weighted by Gasteiger charge is 2.10. The van der Waals surface area contributed by atoms with Gasteiger partial charge in [0, 0.05) is 21.7 Å². The highest BCUT2D eigenvalue weighted by atomic mass is 35.5. The molecule has 2 rings (SSSR count). The molecule has 0 aliphatic carbocycles. The molecule has 2 aromatic carbocycles. The van der Waals surface area contributed by atoms with Gasteiger partial charge in [-0.25, -0.2) is 0 Å². The Labute approximate surface area is 136 Å². The molecule has 1 atom stereocenters. The molecule has 21 heavy (non-hydrogen) atoms. The molecule has 3 N–H and O–H groups in total. The molecule has 0 amide bonds. The van der Waals surface area contributed by atoms with Crippen LogP contribution >= 0.6 is 23.4 Å². The second kappa shape index (κ2) is 7.85. The third-order valence-electron chi connectivity index (χ3n) is 3.45. The molecule has 0 spiro atoms. The van der Waals surface area contributed by atoms with E-state index in [2.05, 4.69) is 43.5 Å². The Morgan fingerprint density at radius 3 is 2.71 bits per heavy atom. The Bertz CT molecular complexity index is 601. The van der Waals surface area contributed by atoms with Gasteiger partial charge in [0.1, 0.15) is 0 Å². The molecule has 112 valence electrons. The summed E-state index contributed by atoms with van der Waals surface area (Å²) in [6.07, 6.45) is 0.928. The van der Waals surface area contributed by atoms with Gasteiger partial charge in [0.15, 0.2) is 0 Å². The summed E-state index contributed by atoms with van der Waals surface area (Å²) in [6, 6.07) is 14.7. The van der Waals surface area contributed by atoms with Crippen molar-refractivity contribution >= 4 is 23.4 Å². The Balaban J connectivity index is 1.98. The molecule has 0 fully saturated rings. The molecular formula is C17H21ClN2S. The second-order valence-electron chi connectivity index (χ2n) is 5.27. The van der Waals surface area contributed by atoms with Crippen molar-refractivity contribution in [1.29, 1.82) is 0 Å². The van der Waals surface area contributed by atoms with Gasteiger partial charge in [-0.2, -0.15) is 0 Å². The molecule has 0 saturated heterocycles. The minimum atomic E-state index is 0.231. The van der Waals surface area contributed by atoms with Crippen LogP contribution in [0.15, 0.2) is 47.4 Å². The van der Waals surface area contributed by atoms with Gasteiger partial charge in [-0.05, 0) is 49.6 Å². The van der Waals surface area contributed by atoms with E-state index in [4.69, 9.17) is 17.4 Å². The lowest BCUT2D eigenvalue weighted by Gasteiger charge is -2.17. The fourth-order valence-corrected chi connectivity index (χ4v) is 3.45. The number of aryl methyl sites for hydroxylation is 2. The van der Waals surface area contributed by atoms with Gasteiger partial charge in [-0.1, -0.05) is 41.4 Å². The van der Waals surface area contributed by atoms with Crippen LogP contribution in [0, 0.1) is 13.8 Å². The van der Waals surface area contributed by atoms with E-state index in [0.29, 0.717) is 0 Å². The first-order valence-corrected chi connectivity index (χ1v) is 8.35. The van der Waals surface area contributed by atoms with Crippen LogP contribution in [0.4, 0.5) is 0 Å².